The average Bonchev–Trinajstić information content (AvgIpc) is 1.96. The van der Waals surface area contributed by atoms with Gasteiger partial charge in [-0.15, -0.1) is 6.58 Å². The van der Waals surface area contributed by atoms with Gasteiger partial charge in [0.2, 0.25) is 0 Å². The summed E-state index contributed by atoms with van der Waals surface area (Å²) < 4.78 is 73.9. The molecule has 16 heavy (non-hydrogen) atoms. The number of hydrogen-bond donors (Lipinski definition) is 1. The predicted octanol–water partition coefficient (Wildman–Crippen LogP) is 3.28. The monoisotopic (exact) mass is 249 g/mol. The van der Waals surface area contributed by atoms with Gasteiger partial charge >= 0.3 is 12.4 Å². The highest BCUT2D eigenvalue weighted by atomic mass is 19.4. The maximum absolute atomic E-state index is 12.3. The molecule has 0 saturated carbocycles. The molecule has 0 aromatic carbocycles. The van der Waals surface area contributed by atoms with Gasteiger partial charge in [-0.1, -0.05) is 5.57 Å². The summed E-state index contributed by atoms with van der Waals surface area (Å²) in [6.07, 6.45) is -11.0. The van der Waals surface area contributed by atoms with Gasteiger partial charge in [-0.25, -0.2) is 0 Å². The van der Waals surface area contributed by atoms with Crippen molar-refractivity contribution in [3.63, 3.8) is 0 Å². The Labute approximate surface area is 89.5 Å². The molecule has 0 amide bonds. The first-order valence-corrected chi connectivity index (χ1v) is 4.45. The fourth-order valence-electron chi connectivity index (χ4n) is 1.40. The summed E-state index contributed by atoms with van der Waals surface area (Å²) in [7, 11) is 1.07. The fourth-order valence-corrected chi connectivity index (χ4v) is 1.40. The van der Waals surface area contributed by atoms with Gasteiger partial charge in [-0.2, -0.15) is 26.3 Å². The van der Waals surface area contributed by atoms with E-state index in [9.17, 15) is 26.3 Å². The molecular formula is C9H13F6N. The summed E-state index contributed by atoms with van der Waals surface area (Å²) in [4.78, 5) is 0. The van der Waals surface area contributed by atoms with Crippen LogP contribution in [0.4, 0.5) is 26.3 Å². The molecule has 0 bridgehead atoms. The molecule has 1 atom stereocenters. The maximum atomic E-state index is 12.3. The van der Waals surface area contributed by atoms with Crippen LogP contribution in [0, 0.1) is 5.92 Å². The Bertz CT molecular complexity index is 227. The van der Waals surface area contributed by atoms with E-state index in [1.807, 2.05) is 5.32 Å². The fraction of sp³-hybridized carbons (Fsp3) is 0.778. The van der Waals surface area contributed by atoms with Crippen molar-refractivity contribution in [2.75, 3.05) is 7.05 Å². The van der Waals surface area contributed by atoms with Gasteiger partial charge in [0, 0.05) is 6.04 Å². The quantitative estimate of drug-likeness (QED) is 0.595. The molecule has 96 valence electrons. The molecule has 0 aliphatic heterocycles. The highest BCUT2D eigenvalue weighted by Crippen LogP contribution is 2.42. The predicted molar refractivity (Wildman–Crippen MR) is 47.9 cm³/mol. The molecule has 0 aromatic rings. The van der Waals surface area contributed by atoms with E-state index in [4.69, 9.17) is 0 Å². The van der Waals surface area contributed by atoms with Gasteiger partial charge in [0.1, 0.15) is 0 Å². The van der Waals surface area contributed by atoms with Gasteiger partial charge in [0.05, 0.1) is 0 Å². The van der Waals surface area contributed by atoms with E-state index in [0.29, 0.717) is 0 Å². The number of nitrogens with one attached hydrogen (secondary N) is 1. The number of alkyl halides is 6. The first-order chi connectivity index (χ1) is 7.00. The van der Waals surface area contributed by atoms with Crippen molar-refractivity contribution in [1.82, 2.24) is 5.32 Å². The second kappa shape index (κ2) is 5.07. The zero-order valence-electron chi connectivity index (χ0n) is 8.84. The Kier molecular flexibility index (Phi) is 4.85. The third kappa shape index (κ3) is 4.42. The van der Waals surface area contributed by atoms with Gasteiger partial charge < -0.3 is 5.32 Å². The third-order valence-electron chi connectivity index (χ3n) is 2.05. The van der Waals surface area contributed by atoms with Crippen LogP contribution in [0.2, 0.25) is 0 Å². The highest BCUT2D eigenvalue weighted by molar-refractivity contribution is 4.98. The lowest BCUT2D eigenvalue weighted by atomic mass is 9.93. The molecule has 0 aromatic heterocycles. The molecule has 1 unspecified atom stereocenters. The Morgan fingerprint density at radius 2 is 1.50 bits per heavy atom. The van der Waals surface area contributed by atoms with Crippen molar-refractivity contribution in [3.05, 3.63) is 12.2 Å². The minimum Gasteiger partial charge on any atom is -0.316 e. The van der Waals surface area contributed by atoms with Crippen LogP contribution in [-0.4, -0.2) is 25.4 Å². The Hall–Kier alpha value is -0.720. The zero-order chi connectivity index (χ0) is 13.1. The van der Waals surface area contributed by atoms with Crippen LogP contribution in [0.25, 0.3) is 0 Å². The standard InChI is InChI=1S/C9H13F6N/c1-5(2)4-6(16-3)7(8(10,11)12)9(13,14)15/h6-7,16H,1,4H2,2-3H3. The van der Waals surface area contributed by atoms with Crippen LogP contribution in [0.5, 0.6) is 0 Å². The molecule has 1 N–H and O–H groups in total. The molecule has 0 aliphatic carbocycles. The lowest BCUT2D eigenvalue weighted by Gasteiger charge is -2.30. The molecule has 0 spiro atoms. The first kappa shape index (κ1) is 15.3. The van der Waals surface area contributed by atoms with Gasteiger partial charge in [-0.3, -0.25) is 0 Å². The van der Waals surface area contributed by atoms with E-state index in [-0.39, 0.29) is 12.0 Å². The Morgan fingerprint density at radius 1 is 1.12 bits per heavy atom. The van der Waals surface area contributed by atoms with Crippen LogP contribution >= 0.6 is 0 Å². The molecule has 0 fully saturated rings. The van der Waals surface area contributed by atoms with Crippen molar-refractivity contribution in [1.29, 1.82) is 0 Å². The van der Waals surface area contributed by atoms with Crippen molar-refractivity contribution >= 4 is 0 Å². The average molecular weight is 249 g/mol. The van der Waals surface area contributed by atoms with E-state index >= 15 is 0 Å². The second-order valence-electron chi connectivity index (χ2n) is 3.62. The number of halogens is 6. The second-order valence-corrected chi connectivity index (χ2v) is 3.62. The van der Waals surface area contributed by atoms with E-state index in [0.717, 1.165) is 7.05 Å². The van der Waals surface area contributed by atoms with Crippen molar-refractivity contribution < 1.29 is 26.3 Å². The topological polar surface area (TPSA) is 12.0 Å². The summed E-state index contributed by atoms with van der Waals surface area (Å²) in [5.41, 5.74) is 0.262. The Morgan fingerprint density at radius 3 is 1.69 bits per heavy atom. The minimum atomic E-state index is -5.32. The lowest BCUT2D eigenvalue weighted by molar-refractivity contribution is -0.291. The molecule has 7 heteroatoms. The van der Waals surface area contributed by atoms with Crippen LogP contribution in [0.3, 0.4) is 0 Å². The number of hydrogen-bond acceptors (Lipinski definition) is 1. The first-order valence-electron chi connectivity index (χ1n) is 4.45. The maximum Gasteiger partial charge on any atom is 0.402 e. The number of rotatable bonds is 4. The van der Waals surface area contributed by atoms with E-state index < -0.39 is 24.3 Å². The molecule has 0 radical (unpaired) electrons. The van der Waals surface area contributed by atoms with E-state index in [1.54, 1.807) is 0 Å². The molecular weight excluding hydrogens is 236 g/mol. The summed E-state index contributed by atoms with van der Waals surface area (Å²) >= 11 is 0. The van der Waals surface area contributed by atoms with Crippen LogP contribution in [-0.2, 0) is 0 Å². The normalized spacial score (nSPS) is 15.3. The van der Waals surface area contributed by atoms with Crippen molar-refractivity contribution in [2.45, 2.75) is 31.7 Å². The SMILES string of the molecule is C=C(C)CC(NC)C(C(F)(F)F)C(F)(F)F. The molecule has 0 saturated heterocycles. The van der Waals surface area contributed by atoms with Crippen molar-refractivity contribution in [2.24, 2.45) is 5.92 Å². The molecule has 1 nitrogen and oxygen atoms in total. The van der Waals surface area contributed by atoms with Gasteiger partial charge in [0.25, 0.3) is 0 Å². The molecule has 0 heterocycles. The van der Waals surface area contributed by atoms with E-state index in [2.05, 4.69) is 6.58 Å². The van der Waals surface area contributed by atoms with E-state index in [1.165, 1.54) is 6.92 Å². The third-order valence-corrected chi connectivity index (χ3v) is 2.05. The summed E-state index contributed by atoms with van der Waals surface area (Å²) in [5.74, 6) is -3.37. The van der Waals surface area contributed by atoms with Gasteiger partial charge in [0.15, 0.2) is 5.92 Å². The van der Waals surface area contributed by atoms with Crippen LogP contribution in [0.15, 0.2) is 12.2 Å². The summed E-state index contributed by atoms with van der Waals surface area (Å²) in [6, 6.07) is -1.74. The van der Waals surface area contributed by atoms with Crippen LogP contribution in [0.1, 0.15) is 13.3 Å². The molecule has 0 aliphatic rings. The smallest absolute Gasteiger partial charge is 0.316 e. The van der Waals surface area contributed by atoms with Gasteiger partial charge in [-0.05, 0) is 20.4 Å². The highest BCUT2D eigenvalue weighted by Gasteiger charge is 2.59. The zero-order valence-corrected chi connectivity index (χ0v) is 8.84. The minimum absolute atomic E-state index is 0.262. The summed E-state index contributed by atoms with van der Waals surface area (Å²) in [6.45, 7) is 4.70. The molecule has 0 rings (SSSR count). The largest absolute Gasteiger partial charge is 0.402 e. The Balaban J connectivity index is 5.08. The summed E-state index contributed by atoms with van der Waals surface area (Å²) in [5, 5.41) is 2.05. The van der Waals surface area contributed by atoms with Crippen LogP contribution < -0.4 is 5.32 Å². The lowest BCUT2D eigenvalue weighted by Crippen LogP contribution is -2.50. The van der Waals surface area contributed by atoms with Crippen molar-refractivity contribution in [3.8, 4) is 0 Å².